The first-order chi connectivity index (χ1) is 5.78. The second-order valence-corrected chi connectivity index (χ2v) is 5.04. The Bertz CT molecular complexity index is 126. The largest absolute Gasteiger partial charge is 0.409 e. The van der Waals surface area contributed by atoms with Gasteiger partial charge < -0.3 is 4.43 Å². The van der Waals surface area contributed by atoms with Crippen molar-refractivity contribution < 1.29 is 4.43 Å². The van der Waals surface area contributed by atoms with Crippen molar-refractivity contribution in [2.75, 3.05) is 0 Å². The zero-order chi connectivity index (χ0) is 9.40. The van der Waals surface area contributed by atoms with E-state index < -0.39 is 9.04 Å². The Balaban J connectivity index is 3.81. The van der Waals surface area contributed by atoms with Gasteiger partial charge in [0.1, 0.15) is 0 Å². The molecule has 2 heteroatoms. The molecular weight excluding hydrogens is 164 g/mol. The van der Waals surface area contributed by atoms with Crippen LogP contribution >= 0.6 is 0 Å². The quantitative estimate of drug-likeness (QED) is 0.553. The van der Waals surface area contributed by atoms with Crippen LogP contribution in [0.2, 0.25) is 0 Å². The molecule has 0 spiro atoms. The third kappa shape index (κ3) is 4.52. The Labute approximate surface area is 77.9 Å². The third-order valence-electron chi connectivity index (χ3n) is 1.88. The van der Waals surface area contributed by atoms with E-state index in [1.165, 1.54) is 6.42 Å². The lowest BCUT2D eigenvalue weighted by molar-refractivity contribution is 0.192. The molecule has 0 aliphatic heterocycles. The minimum Gasteiger partial charge on any atom is -0.409 e. The van der Waals surface area contributed by atoms with Gasteiger partial charge in [0.25, 0.3) is 0 Å². The summed E-state index contributed by atoms with van der Waals surface area (Å²) in [5.41, 5.74) is 3.84. The lowest BCUT2D eigenvalue weighted by Gasteiger charge is -2.18. The first kappa shape index (κ1) is 11.7. The molecule has 1 atom stereocenters. The molecule has 0 saturated carbocycles. The zero-order valence-electron chi connectivity index (χ0n) is 8.25. The Morgan fingerprint density at radius 1 is 1.33 bits per heavy atom. The predicted octanol–water partition coefficient (Wildman–Crippen LogP) is 2.76. The van der Waals surface area contributed by atoms with Crippen molar-refractivity contribution in [3.05, 3.63) is 24.6 Å². The summed E-state index contributed by atoms with van der Waals surface area (Å²) in [6.45, 7) is 11.8. The first-order valence-corrected chi connectivity index (χ1v) is 6.49. The molecule has 0 aromatic carbocycles. The molecule has 0 fully saturated rings. The summed E-state index contributed by atoms with van der Waals surface area (Å²) in [7, 11) is -1.27. The van der Waals surface area contributed by atoms with E-state index in [4.69, 9.17) is 4.43 Å². The molecule has 0 aliphatic rings. The monoisotopic (exact) mass is 184 g/mol. The smallest absolute Gasteiger partial charge is 0.224 e. The van der Waals surface area contributed by atoms with Crippen LogP contribution in [0.25, 0.3) is 0 Å². The van der Waals surface area contributed by atoms with E-state index in [-0.39, 0.29) is 0 Å². The van der Waals surface area contributed by atoms with Gasteiger partial charge in [0.2, 0.25) is 9.04 Å². The fraction of sp³-hybridized carbons (Fsp3) is 0.600. The van der Waals surface area contributed by atoms with Crippen LogP contribution in [0.3, 0.4) is 0 Å². The molecule has 0 aliphatic carbocycles. The van der Waals surface area contributed by atoms with E-state index >= 15 is 0 Å². The van der Waals surface area contributed by atoms with Crippen molar-refractivity contribution in [3.8, 4) is 0 Å². The van der Waals surface area contributed by atoms with Gasteiger partial charge in [-0.1, -0.05) is 31.7 Å². The lowest BCUT2D eigenvalue weighted by Crippen LogP contribution is -2.22. The summed E-state index contributed by atoms with van der Waals surface area (Å²) in [5, 5.41) is 0. The fourth-order valence-electron chi connectivity index (χ4n) is 1.12. The average molecular weight is 184 g/mol. The van der Waals surface area contributed by atoms with Crippen molar-refractivity contribution in [1.82, 2.24) is 0 Å². The van der Waals surface area contributed by atoms with E-state index in [0.29, 0.717) is 6.10 Å². The van der Waals surface area contributed by atoms with Crippen LogP contribution in [0, 0.1) is 0 Å². The van der Waals surface area contributed by atoms with Crippen LogP contribution in [-0.4, -0.2) is 15.1 Å². The predicted molar refractivity (Wildman–Crippen MR) is 57.6 cm³/mol. The van der Waals surface area contributed by atoms with Crippen molar-refractivity contribution in [2.24, 2.45) is 0 Å². The maximum atomic E-state index is 5.84. The summed E-state index contributed by atoms with van der Waals surface area (Å²) < 4.78 is 5.84. The van der Waals surface area contributed by atoms with Crippen molar-refractivity contribution >= 4 is 9.04 Å². The molecule has 0 amide bonds. The Morgan fingerprint density at radius 3 is 2.25 bits per heavy atom. The van der Waals surface area contributed by atoms with Crippen LogP contribution in [0.5, 0.6) is 0 Å². The Kier molecular flexibility index (Phi) is 7.10. The molecule has 1 unspecified atom stereocenters. The van der Waals surface area contributed by atoms with Gasteiger partial charge in [-0.15, -0.1) is 13.2 Å². The van der Waals surface area contributed by atoms with Gasteiger partial charge in [0.15, 0.2) is 0 Å². The van der Waals surface area contributed by atoms with Crippen molar-refractivity contribution in [2.45, 2.75) is 39.2 Å². The highest BCUT2D eigenvalue weighted by Crippen LogP contribution is 2.08. The van der Waals surface area contributed by atoms with Gasteiger partial charge in [0, 0.05) is 6.10 Å². The highest BCUT2D eigenvalue weighted by molar-refractivity contribution is 6.62. The van der Waals surface area contributed by atoms with E-state index in [9.17, 15) is 0 Å². The average Bonchev–Trinajstić information content (AvgIpc) is 2.12. The number of rotatable bonds is 7. The number of hydrogen-bond acceptors (Lipinski definition) is 1. The summed E-state index contributed by atoms with van der Waals surface area (Å²) >= 11 is 0. The molecule has 0 saturated heterocycles. The standard InChI is InChI=1S/C10H20OSi/c1-5-9-10(6-2)11-12(7-3)8-4/h7-8,10,12H,3-6,9H2,1-2H3. The molecule has 0 aromatic heterocycles. The van der Waals surface area contributed by atoms with E-state index in [1.807, 2.05) is 11.4 Å². The molecule has 0 bridgehead atoms. The molecule has 0 radical (unpaired) electrons. The van der Waals surface area contributed by atoms with Gasteiger partial charge in [-0.3, -0.25) is 0 Å². The Hall–Kier alpha value is -0.343. The van der Waals surface area contributed by atoms with E-state index in [0.717, 1.165) is 12.8 Å². The summed E-state index contributed by atoms with van der Waals surface area (Å²) in [6, 6.07) is 0. The normalized spacial score (nSPS) is 12.9. The lowest BCUT2D eigenvalue weighted by atomic mass is 10.2. The topological polar surface area (TPSA) is 9.23 Å². The third-order valence-corrected chi connectivity index (χ3v) is 3.51. The van der Waals surface area contributed by atoms with Crippen LogP contribution in [-0.2, 0) is 4.43 Å². The summed E-state index contributed by atoms with van der Waals surface area (Å²) in [4.78, 5) is 0. The minimum absolute atomic E-state index is 0.419. The highest BCUT2D eigenvalue weighted by Gasteiger charge is 2.09. The minimum atomic E-state index is -1.27. The maximum absolute atomic E-state index is 5.84. The van der Waals surface area contributed by atoms with Crippen LogP contribution in [0.15, 0.2) is 24.6 Å². The SMILES string of the molecule is C=C[SiH](C=C)OC(CC)CCC. The molecule has 1 nitrogen and oxygen atoms in total. The molecule has 0 N–H and O–H groups in total. The van der Waals surface area contributed by atoms with Crippen LogP contribution in [0.1, 0.15) is 33.1 Å². The number of hydrogen-bond donors (Lipinski definition) is 0. The molecule has 0 aromatic rings. The zero-order valence-corrected chi connectivity index (χ0v) is 9.41. The van der Waals surface area contributed by atoms with Crippen molar-refractivity contribution in [3.63, 3.8) is 0 Å². The second kappa shape index (κ2) is 7.31. The second-order valence-electron chi connectivity index (χ2n) is 2.89. The maximum Gasteiger partial charge on any atom is 0.224 e. The van der Waals surface area contributed by atoms with Gasteiger partial charge in [-0.05, 0) is 12.8 Å². The Morgan fingerprint density at radius 2 is 1.92 bits per heavy atom. The molecule has 70 valence electrons. The summed E-state index contributed by atoms with van der Waals surface area (Å²) in [6.07, 6.45) is 3.86. The molecular formula is C10H20OSi. The van der Waals surface area contributed by atoms with E-state index in [1.54, 1.807) is 0 Å². The van der Waals surface area contributed by atoms with Gasteiger partial charge in [0.05, 0.1) is 0 Å². The molecule has 0 heterocycles. The van der Waals surface area contributed by atoms with Crippen LogP contribution < -0.4 is 0 Å². The van der Waals surface area contributed by atoms with E-state index in [2.05, 4.69) is 27.0 Å². The summed E-state index contributed by atoms with van der Waals surface area (Å²) in [5.74, 6) is 0. The van der Waals surface area contributed by atoms with Crippen molar-refractivity contribution in [1.29, 1.82) is 0 Å². The molecule has 12 heavy (non-hydrogen) atoms. The first-order valence-electron chi connectivity index (χ1n) is 4.69. The highest BCUT2D eigenvalue weighted by atomic mass is 28.3. The van der Waals surface area contributed by atoms with Gasteiger partial charge in [-0.25, -0.2) is 0 Å². The fourth-order valence-corrected chi connectivity index (χ4v) is 2.31. The van der Waals surface area contributed by atoms with Crippen LogP contribution in [0.4, 0.5) is 0 Å². The van der Waals surface area contributed by atoms with Gasteiger partial charge >= 0.3 is 0 Å². The van der Waals surface area contributed by atoms with Gasteiger partial charge in [-0.2, -0.15) is 0 Å². The molecule has 0 rings (SSSR count).